The van der Waals surface area contributed by atoms with Crippen molar-refractivity contribution < 1.29 is 9.37 Å². The van der Waals surface area contributed by atoms with E-state index in [9.17, 15) is 0 Å². The molecule has 0 atom stereocenters. The summed E-state index contributed by atoms with van der Waals surface area (Å²) in [5.74, 6) is 1.80. The van der Waals surface area contributed by atoms with Gasteiger partial charge in [-0.25, -0.2) is 14.6 Å². The third-order valence-corrected chi connectivity index (χ3v) is 6.06. The highest BCUT2D eigenvalue weighted by molar-refractivity contribution is 5.74. The number of likely N-dealkylation sites (tertiary alicyclic amines) is 1. The van der Waals surface area contributed by atoms with E-state index in [1.54, 1.807) is 0 Å². The van der Waals surface area contributed by atoms with Gasteiger partial charge in [0.15, 0.2) is 11.6 Å². The molecule has 0 unspecified atom stereocenters. The molecule has 3 saturated heterocycles. The molecule has 9 heteroatoms. The van der Waals surface area contributed by atoms with E-state index in [2.05, 4.69) is 25.0 Å². The molecule has 2 aromatic heterocycles. The molecule has 0 N–H and O–H groups in total. The summed E-state index contributed by atoms with van der Waals surface area (Å²) in [5, 5.41) is 7.80. The van der Waals surface area contributed by atoms with Gasteiger partial charge in [0, 0.05) is 32.2 Å². The second-order valence-corrected chi connectivity index (χ2v) is 7.70. The number of aromatic nitrogens is 4. The van der Waals surface area contributed by atoms with E-state index < -0.39 is 0 Å². The molecule has 0 saturated carbocycles. The fourth-order valence-electron chi connectivity index (χ4n) is 4.55. The SMILES string of the molecule is C1CCN(C2CCN(c3nc4nonc4nc3N3CCOCC3)CC2)CC1. The van der Waals surface area contributed by atoms with Crippen LogP contribution in [0.1, 0.15) is 32.1 Å². The highest BCUT2D eigenvalue weighted by Gasteiger charge is 2.29. The highest BCUT2D eigenvalue weighted by Crippen LogP contribution is 2.31. The number of anilines is 2. The Kier molecular flexibility index (Phi) is 4.79. The molecule has 5 rings (SSSR count). The van der Waals surface area contributed by atoms with E-state index in [1.807, 2.05) is 0 Å². The number of hydrogen-bond donors (Lipinski definition) is 0. The van der Waals surface area contributed by atoms with Crippen LogP contribution < -0.4 is 9.80 Å². The lowest BCUT2D eigenvalue weighted by atomic mass is 10.00. The van der Waals surface area contributed by atoms with Crippen LogP contribution in [-0.4, -0.2) is 83.7 Å². The molecule has 0 aromatic carbocycles. The minimum absolute atomic E-state index is 0.475. The summed E-state index contributed by atoms with van der Waals surface area (Å²) in [6, 6.07) is 0.707. The van der Waals surface area contributed by atoms with Crippen LogP contribution in [0.15, 0.2) is 4.63 Å². The fraction of sp³-hybridized carbons (Fsp3) is 0.778. The lowest BCUT2D eigenvalue weighted by molar-refractivity contribution is 0.122. The predicted molar refractivity (Wildman–Crippen MR) is 101 cm³/mol. The molecule has 0 radical (unpaired) electrons. The molecule has 9 nitrogen and oxygen atoms in total. The summed E-state index contributed by atoms with van der Waals surface area (Å²) in [6.07, 6.45) is 6.45. The van der Waals surface area contributed by atoms with Gasteiger partial charge >= 0.3 is 0 Å². The van der Waals surface area contributed by atoms with Gasteiger partial charge in [-0.1, -0.05) is 6.42 Å². The number of morpholine rings is 1. The van der Waals surface area contributed by atoms with Gasteiger partial charge in [-0.15, -0.1) is 0 Å². The quantitative estimate of drug-likeness (QED) is 0.790. The molecule has 27 heavy (non-hydrogen) atoms. The number of nitrogens with zero attached hydrogens (tertiary/aromatic N) is 7. The monoisotopic (exact) mass is 373 g/mol. The first-order valence-electron chi connectivity index (χ1n) is 10.2. The zero-order chi connectivity index (χ0) is 18.1. The van der Waals surface area contributed by atoms with Crippen LogP contribution in [0.3, 0.4) is 0 Å². The maximum Gasteiger partial charge on any atom is 0.245 e. The average Bonchev–Trinajstić information content (AvgIpc) is 3.22. The second kappa shape index (κ2) is 7.55. The predicted octanol–water partition coefficient (Wildman–Crippen LogP) is 1.30. The van der Waals surface area contributed by atoms with E-state index in [0.717, 1.165) is 37.8 Å². The fourth-order valence-corrected chi connectivity index (χ4v) is 4.55. The Hall–Kier alpha value is -2.00. The van der Waals surface area contributed by atoms with Crippen molar-refractivity contribution in [2.45, 2.75) is 38.1 Å². The van der Waals surface area contributed by atoms with Gasteiger partial charge in [-0.2, -0.15) is 0 Å². The van der Waals surface area contributed by atoms with Crippen molar-refractivity contribution in [3.05, 3.63) is 0 Å². The van der Waals surface area contributed by atoms with E-state index in [0.29, 0.717) is 30.5 Å². The minimum Gasteiger partial charge on any atom is -0.378 e. The van der Waals surface area contributed by atoms with Crippen molar-refractivity contribution in [1.82, 2.24) is 25.2 Å². The van der Waals surface area contributed by atoms with Crippen molar-refractivity contribution >= 4 is 22.9 Å². The first-order valence-corrected chi connectivity index (χ1v) is 10.2. The molecule has 3 fully saturated rings. The maximum atomic E-state index is 5.50. The first-order chi connectivity index (χ1) is 13.4. The molecule has 0 amide bonds. The van der Waals surface area contributed by atoms with E-state index in [-0.39, 0.29) is 0 Å². The Balaban J connectivity index is 1.37. The van der Waals surface area contributed by atoms with E-state index in [4.69, 9.17) is 19.3 Å². The Morgan fingerprint density at radius 1 is 0.704 bits per heavy atom. The summed E-state index contributed by atoms with van der Waals surface area (Å²) >= 11 is 0. The largest absolute Gasteiger partial charge is 0.378 e. The van der Waals surface area contributed by atoms with Crippen LogP contribution in [0.25, 0.3) is 11.3 Å². The van der Waals surface area contributed by atoms with Crippen LogP contribution in [0, 0.1) is 0 Å². The molecule has 5 heterocycles. The molecule has 0 spiro atoms. The van der Waals surface area contributed by atoms with Crippen molar-refractivity contribution in [3.63, 3.8) is 0 Å². The van der Waals surface area contributed by atoms with E-state index >= 15 is 0 Å². The number of hydrogen-bond acceptors (Lipinski definition) is 9. The molecule has 3 aliphatic rings. The van der Waals surface area contributed by atoms with Gasteiger partial charge < -0.3 is 19.4 Å². The van der Waals surface area contributed by atoms with Gasteiger partial charge in [-0.05, 0) is 49.1 Å². The maximum absolute atomic E-state index is 5.50. The Morgan fingerprint density at radius 2 is 1.30 bits per heavy atom. The summed E-state index contributed by atoms with van der Waals surface area (Å²) in [5.41, 5.74) is 0.962. The van der Waals surface area contributed by atoms with Crippen LogP contribution in [0.5, 0.6) is 0 Å². The Morgan fingerprint density at radius 3 is 1.93 bits per heavy atom. The van der Waals surface area contributed by atoms with Gasteiger partial charge in [0.05, 0.1) is 13.2 Å². The standard InChI is InChI=1S/C18H27N7O2/c1-2-6-23(7-3-1)14-4-8-24(9-5-14)17-18(25-10-12-26-13-11-25)20-16-15(19-17)21-27-22-16/h14H,1-13H2. The topological polar surface area (TPSA) is 83.7 Å². The molecule has 0 bridgehead atoms. The van der Waals surface area contributed by atoms with Crippen molar-refractivity contribution in [3.8, 4) is 0 Å². The normalized spacial score (nSPS) is 23.3. The summed E-state index contributed by atoms with van der Waals surface area (Å²) in [6.45, 7) is 7.61. The lowest BCUT2D eigenvalue weighted by Gasteiger charge is -2.41. The number of rotatable bonds is 3. The Labute approximate surface area is 158 Å². The molecule has 3 aliphatic heterocycles. The van der Waals surface area contributed by atoms with Crippen LogP contribution in [-0.2, 0) is 4.74 Å². The van der Waals surface area contributed by atoms with Gasteiger partial charge in [0.1, 0.15) is 0 Å². The zero-order valence-electron chi connectivity index (χ0n) is 15.7. The van der Waals surface area contributed by atoms with Crippen molar-refractivity contribution in [2.75, 3.05) is 62.3 Å². The zero-order valence-corrected chi connectivity index (χ0v) is 15.7. The molecule has 2 aromatic rings. The van der Waals surface area contributed by atoms with Gasteiger partial charge in [0.2, 0.25) is 11.3 Å². The van der Waals surface area contributed by atoms with Crippen molar-refractivity contribution in [1.29, 1.82) is 0 Å². The molecule has 146 valence electrons. The van der Waals surface area contributed by atoms with Crippen LogP contribution in [0.4, 0.5) is 11.6 Å². The Bertz CT molecular complexity index is 762. The highest BCUT2D eigenvalue weighted by atomic mass is 16.6. The van der Waals surface area contributed by atoms with Gasteiger partial charge in [-0.3, -0.25) is 0 Å². The van der Waals surface area contributed by atoms with Crippen LogP contribution >= 0.6 is 0 Å². The van der Waals surface area contributed by atoms with E-state index in [1.165, 1.54) is 45.2 Å². The molecular weight excluding hydrogens is 346 g/mol. The third kappa shape index (κ3) is 3.45. The third-order valence-electron chi connectivity index (χ3n) is 6.06. The second-order valence-electron chi connectivity index (χ2n) is 7.70. The number of fused-ring (bicyclic) bond motifs is 1. The summed E-state index contributed by atoms with van der Waals surface area (Å²) in [7, 11) is 0. The molecule has 0 aliphatic carbocycles. The smallest absolute Gasteiger partial charge is 0.245 e. The summed E-state index contributed by atoms with van der Waals surface area (Å²) < 4.78 is 10.4. The summed E-state index contributed by atoms with van der Waals surface area (Å²) in [4.78, 5) is 16.8. The van der Waals surface area contributed by atoms with Gasteiger partial charge in [0.25, 0.3) is 0 Å². The lowest BCUT2D eigenvalue weighted by Crippen LogP contribution is -2.47. The van der Waals surface area contributed by atoms with Crippen LogP contribution in [0.2, 0.25) is 0 Å². The number of ether oxygens (including phenoxy) is 1. The first kappa shape index (κ1) is 17.1. The molecular formula is C18H27N7O2. The number of piperidine rings is 2. The minimum atomic E-state index is 0.475. The van der Waals surface area contributed by atoms with Crippen molar-refractivity contribution in [2.24, 2.45) is 0 Å². The average molecular weight is 373 g/mol.